The number of hydrogen-bond donors (Lipinski definition) is 14. The maximum absolute atomic E-state index is 12.2. The van der Waals surface area contributed by atoms with E-state index in [0.717, 1.165) is 0 Å². The summed E-state index contributed by atoms with van der Waals surface area (Å²) in [4.78, 5) is 24.4. The molecule has 0 aromatic rings. The van der Waals surface area contributed by atoms with Crippen LogP contribution in [0.5, 0.6) is 0 Å². The Bertz CT molecular complexity index is 1250. The molecule has 4 aliphatic heterocycles. The molecule has 0 bridgehead atoms. The monoisotopic (exact) mass is 926 g/mol. The van der Waals surface area contributed by atoms with Crippen LogP contribution < -0.4 is 10.6 Å². The molecule has 368 valence electrons. The summed E-state index contributed by atoms with van der Waals surface area (Å²) >= 11 is 0. The number of hydrogen-bond acceptors (Lipinski definition) is 26. The largest absolute Gasteiger partial charge is 0.447 e. The van der Waals surface area contributed by atoms with Crippen LogP contribution in [0.25, 0.3) is 0 Å². The molecule has 4 saturated heterocycles. The topological polar surface area (TPSA) is 412 Å². The summed E-state index contributed by atoms with van der Waals surface area (Å²) in [5.41, 5.74) is 0. The molecule has 0 aliphatic carbocycles. The fraction of sp³-hybridized carbons (Fsp3) is 0.943. The predicted octanol–water partition coefficient (Wildman–Crippen LogP) is -8.58. The Morgan fingerprint density at radius 3 is 1.13 bits per heavy atom. The maximum Gasteiger partial charge on any atom is 0.407 e. The van der Waals surface area contributed by atoms with Crippen LogP contribution in [0, 0.1) is 0 Å². The van der Waals surface area contributed by atoms with Gasteiger partial charge in [-0.15, -0.1) is 0 Å². The number of ether oxygens (including phenoxy) is 12. The molecular weight excluding hydrogens is 864 g/mol. The van der Waals surface area contributed by atoms with Crippen LogP contribution in [-0.4, -0.2) is 276 Å². The molecule has 0 aromatic heterocycles. The number of carbonyl (C=O) groups is 2. The molecule has 4 aliphatic rings. The van der Waals surface area contributed by atoms with Gasteiger partial charge in [-0.1, -0.05) is 0 Å². The number of methoxy groups -OCH3 is 2. The molecule has 28 heteroatoms. The third-order valence-electron chi connectivity index (χ3n) is 10.5. The first-order valence-electron chi connectivity index (χ1n) is 20.1. The van der Waals surface area contributed by atoms with Gasteiger partial charge in [0.1, 0.15) is 111 Å². The van der Waals surface area contributed by atoms with E-state index in [-0.39, 0.29) is 45.9 Å². The van der Waals surface area contributed by atoms with Crippen LogP contribution in [-0.2, 0) is 56.8 Å². The van der Waals surface area contributed by atoms with Crippen molar-refractivity contribution in [2.45, 2.75) is 129 Å². The fourth-order valence-corrected chi connectivity index (χ4v) is 7.03. The third-order valence-corrected chi connectivity index (χ3v) is 10.5. The number of rotatable bonds is 22. The average molecular weight is 927 g/mol. The molecule has 0 radical (unpaired) electrons. The molecule has 4 fully saturated rings. The van der Waals surface area contributed by atoms with Crippen LogP contribution in [0.1, 0.15) is 6.42 Å². The van der Waals surface area contributed by atoms with Crippen LogP contribution in [0.15, 0.2) is 0 Å². The van der Waals surface area contributed by atoms with Gasteiger partial charge in [0.15, 0.2) is 25.2 Å². The van der Waals surface area contributed by atoms with Gasteiger partial charge < -0.3 is 129 Å². The van der Waals surface area contributed by atoms with Crippen molar-refractivity contribution in [2.24, 2.45) is 0 Å². The molecule has 4 heterocycles. The van der Waals surface area contributed by atoms with Crippen molar-refractivity contribution in [3.63, 3.8) is 0 Å². The minimum Gasteiger partial charge on any atom is -0.447 e. The first-order valence-corrected chi connectivity index (χ1v) is 20.1. The Morgan fingerprint density at radius 1 is 0.444 bits per heavy atom. The minimum absolute atomic E-state index is 0.0582. The van der Waals surface area contributed by atoms with Gasteiger partial charge in [-0.05, 0) is 6.42 Å². The molecule has 4 rings (SSSR count). The highest BCUT2D eigenvalue weighted by Gasteiger charge is 2.53. The van der Waals surface area contributed by atoms with Crippen molar-refractivity contribution in [3.05, 3.63) is 0 Å². The Balaban J connectivity index is 1.12. The molecule has 0 spiro atoms. The molecule has 0 saturated carbocycles. The standard InChI is InChI=1S/C35H62N2O26/c1-52-32-28(24(48)26(16(12-40)60-32)62-30-22(46)20(44)18(42)14(10-38)58-30)54-6-8-56-34(50)36-4-3-5-37-35(51)57-9-7-55-29-25(49)27(17(13-41)61-33(29)53-2)63-31-23(47)21(45)19(43)15(11-39)59-31/h14-33,38-49H,3-13H2,1-2H3,(H,36,50)(H,37,51)/t14-,15-,16-,17-,18+,19+,20+,21+,22-,23-,24+,25+,26+,27+,28-,29-,30-,31-,32-,33-/m1/s1. The van der Waals surface area contributed by atoms with Crippen molar-refractivity contribution >= 4 is 12.2 Å². The van der Waals surface area contributed by atoms with E-state index in [1.807, 2.05) is 0 Å². The molecule has 0 unspecified atom stereocenters. The van der Waals surface area contributed by atoms with E-state index < -0.39 is 161 Å². The highest BCUT2D eigenvalue weighted by molar-refractivity contribution is 5.67. The summed E-state index contributed by atoms with van der Waals surface area (Å²) in [7, 11) is 2.49. The lowest BCUT2D eigenvalue weighted by molar-refractivity contribution is -0.360. The molecule has 2 amide bonds. The zero-order valence-corrected chi connectivity index (χ0v) is 34.4. The third kappa shape index (κ3) is 13.9. The van der Waals surface area contributed by atoms with E-state index in [4.69, 9.17) is 56.8 Å². The van der Waals surface area contributed by atoms with Gasteiger partial charge in [0.2, 0.25) is 0 Å². The lowest BCUT2D eigenvalue weighted by Gasteiger charge is -2.46. The van der Waals surface area contributed by atoms with E-state index in [1.165, 1.54) is 14.2 Å². The minimum atomic E-state index is -1.80. The quantitative estimate of drug-likeness (QED) is 0.0448. The van der Waals surface area contributed by atoms with Gasteiger partial charge in [-0.2, -0.15) is 0 Å². The Kier molecular flexibility index (Phi) is 22.1. The predicted molar refractivity (Wildman–Crippen MR) is 198 cm³/mol. The van der Waals surface area contributed by atoms with Crippen molar-refractivity contribution in [3.8, 4) is 0 Å². The number of amides is 2. The zero-order chi connectivity index (χ0) is 46.4. The second kappa shape index (κ2) is 26.1. The molecule has 63 heavy (non-hydrogen) atoms. The summed E-state index contributed by atoms with van der Waals surface area (Å²) in [5, 5.41) is 127. The molecule has 14 N–H and O–H groups in total. The highest BCUT2D eigenvalue weighted by Crippen LogP contribution is 2.32. The maximum atomic E-state index is 12.2. The number of nitrogens with one attached hydrogen (secondary N) is 2. The van der Waals surface area contributed by atoms with Crippen LogP contribution in [0.4, 0.5) is 9.59 Å². The molecule has 28 nitrogen and oxygen atoms in total. The van der Waals surface area contributed by atoms with E-state index in [9.17, 15) is 70.9 Å². The first kappa shape index (κ1) is 53.3. The van der Waals surface area contributed by atoms with E-state index in [1.54, 1.807) is 0 Å². The Labute approximate surface area is 359 Å². The van der Waals surface area contributed by atoms with E-state index >= 15 is 0 Å². The van der Waals surface area contributed by atoms with Gasteiger partial charge >= 0.3 is 12.2 Å². The van der Waals surface area contributed by atoms with Crippen molar-refractivity contribution < 1.29 is 128 Å². The van der Waals surface area contributed by atoms with Crippen molar-refractivity contribution in [2.75, 3.05) is 80.2 Å². The average Bonchev–Trinajstić information content (AvgIpc) is 3.28. The number of alkyl carbamates (subject to hydrolysis) is 2. The van der Waals surface area contributed by atoms with Gasteiger partial charge in [0, 0.05) is 27.3 Å². The summed E-state index contributed by atoms with van der Waals surface area (Å²) in [5.74, 6) is 0. The second-order valence-electron chi connectivity index (χ2n) is 14.6. The molecular formula is C35H62N2O26. The van der Waals surface area contributed by atoms with Crippen LogP contribution >= 0.6 is 0 Å². The van der Waals surface area contributed by atoms with Gasteiger partial charge in [-0.25, -0.2) is 9.59 Å². The fourth-order valence-electron chi connectivity index (χ4n) is 7.03. The summed E-state index contributed by atoms with van der Waals surface area (Å²) in [6, 6.07) is 0. The Morgan fingerprint density at radius 2 is 0.794 bits per heavy atom. The number of aliphatic hydroxyl groups is 12. The van der Waals surface area contributed by atoms with Gasteiger partial charge in [-0.3, -0.25) is 0 Å². The van der Waals surface area contributed by atoms with E-state index in [2.05, 4.69) is 10.6 Å². The first-order chi connectivity index (χ1) is 30.1. The Hall–Kier alpha value is -2.34. The molecule has 0 aromatic carbocycles. The normalized spacial score (nSPS) is 40.9. The van der Waals surface area contributed by atoms with Gasteiger partial charge in [0.05, 0.1) is 39.6 Å². The van der Waals surface area contributed by atoms with E-state index in [0.29, 0.717) is 0 Å². The smallest absolute Gasteiger partial charge is 0.407 e. The summed E-state index contributed by atoms with van der Waals surface area (Å²) in [6.45, 7) is -3.93. The molecule has 20 atom stereocenters. The summed E-state index contributed by atoms with van der Waals surface area (Å²) in [6.07, 6.45) is -31.4. The van der Waals surface area contributed by atoms with Crippen molar-refractivity contribution in [1.82, 2.24) is 10.6 Å². The number of carbonyl (C=O) groups excluding carboxylic acids is 2. The lowest BCUT2D eigenvalue weighted by Crippen LogP contribution is -2.65. The van der Waals surface area contributed by atoms with Gasteiger partial charge in [0.25, 0.3) is 0 Å². The highest BCUT2D eigenvalue weighted by atomic mass is 16.8. The SMILES string of the molecule is CO[C@@H]1O[C@H](CO)[C@H](O[C@H]2O[C@H](CO)[C@H](O)[C@H](O)[C@H]2O)[C@H](O)[C@H]1OCCOC(=O)NCCCNC(=O)OCCO[C@H]1[C@H](OC)O[C@H](CO)[C@H](O[C@H]2O[C@H](CO)[C@H](O)[C@H](O)[C@H]2O)[C@@H]1O. The lowest BCUT2D eigenvalue weighted by atomic mass is 9.97. The number of aliphatic hydroxyl groups excluding tert-OH is 12. The second-order valence-corrected chi connectivity index (χ2v) is 14.6. The van der Waals surface area contributed by atoms with Crippen LogP contribution in [0.2, 0.25) is 0 Å². The van der Waals surface area contributed by atoms with Crippen molar-refractivity contribution in [1.29, 1.82) is 0 Å². The zero-order valence-electron chi connectivity index (χ0n) is 34.4. The van der Waals surface area contributed by atoms with Crippen LogP contribution in [0.3, 0.4) is 0 Å². The summed E-state index contributed by atoms with van der Waals surface area (Å²) < 4.78 is 65.1.